The second-order valence-electron chi connectivity index (χ2n) is 7.39. The second-order valence-corrected chi connectivity index (χ2v) is 11.0. The lowest BCUT2D eigenvalue weighted by Gasteiger charge is -2.13. The Morgan fingerprint density at radius 3 is 1.82 bits per heavy atom. The molecule has 3 rings (SSSR count). The third kappa shape index (κ3) is 6.21. The minimum atomic E-state index is -4.29. The Bertz CT molecular complexity index is 1340. The maximum Gasteiger partial charge on any atom is 0.338 e. The zero-order valence-corrected chi connectivity index (χ0v) is 20.2. The lowest BCUT2D eigenvalue weighted by atomic mass is 10.2. The minimum absolute atomic E-state index is 0.0921. The van der Waals surface area contributed by atoms with Crippen molar-refractivity contribution in [1.29, 1.82) is 0 Å². The van der Waals surface area contributed by atoms with Gasteiger partial charge in [-0.25, -0.2) is 9.00 Å². The Labute approximate surface area is 194 Å². The molecule has 0 spiro atoms. The van der Waals surface area contributed by atoms with Crippen LogP contribution in [0.2, 0.25) is 0 Å². The topological polar surface area (TPSA) is 99.1 Å². The first-order valence-electron chi connectivity index (χ1n) is 10.3. The van der Waals surface area contributed by atoms with Crippen molar-refractivity contribution in [2.45, 2.75) is 37.0 Å². The molecule has 0 fully saturated rings. The van der Waals surface area contributed by atoms with E-state index in [0.29, 0.717) is 18.6 Å². The summed E-state index contributed by atoms with van der Waals surface area (Å²) in [6.45, 7) is 5.87. The van der Waals surface area contributed by atoms with Crippen LogP contribution in [0.3, 0.4) is 0 Å². The molecule has 3 aromatic carbocycles. The summed E-state index contributed by atoms with van der Waals surface area (Å²) in [6, 6.07) is 18.2. The van der Waals surface area contributed by atoms with Gasteiger partial charge >= 0.3 is 5.97 Å². The number of esters is 1. The number of nitrogens with zero attached hydrogens (tertiary/aromatic N) is 1. The highest BCUT2D eigenvalue weighted by Crippen LogP contribution is 2.25. The molecule has 1 atom stereocenters. The first-order chi connectivity index (χ1) is 15.6. The van der Waals surface area contributed by atoms with E-state index in [9.17, 15) is 17.4 Å². The number of sulfonamides is 1. The summed E-state index contributed by atoms with van der Waals surface area (Å²) in [6.07, 6.45) is 0.697. The molecule has 0 radical (unpaired) electrons. The van der Waals surface area contributed by atoms with Crippen LogP contribution in [0.15, 0.2) is 86.4 Å². The van der Waals surface area contributed by atoms with Gasteiger partial charge in [0.25, 0.3) is 20.0 Å². The predicted octanol–water partition coefficient (Wildman–Crippen LogP) is 5.08. The van der Waals surface area contributed by atoms with E-state index in [0.717, 1.165) is 11.1 Å². The quantitative estimate of drug-likeness (QED) is 0.411. The molecule has 0 unspecified atom stereocenters. The van der Waals surface area contributed by atoms with Gasteiger partial charge in [0.1, 0.15) is 5.75 Å². The highest BCUT2D eigenvalue weighted by atomic mass is 32.3. The van der Waals surface area contributed by atoms with Gasteiger partial charge in [0.2, 0.25) is 0 Å². The monoisotopic (exact) mass is 487 g/mol. The molecule has 0 amide bonds. The van der Waals surface area contributed by atoms with Crippen LogP contribution in [0.25, 0.3) is 0 Å². The zero-order valence-electron chi connectivity index (χ0n) is 18.6. The number of benzene rings is 3. The molecular formula is C24H25NO6S2. The molecule has 9 heteroatoms. The molecule has 0 saturated heterocycles. The summed E-state index contributed by atoms with van der Waals surface area (Å²) in [4.78, 5) is 12.0. The lowest BCUT2D eigenvalue weighted by Crippen LogP contribution is -2.13. The molecule has 0 N–H and O–H groups in total. The largest absolute Gasteiger partial charge is 0.462 e. The normalized spacial score (nSPS) is 13.1. The number of carbonyl (C=O) groups excluding carboxylic acids is 1. The smallest absolute Gasteiger partial charge is 0.338 e. The Kier molecular flexibility index (Phi) is 7.55. The third-order valence-corrected chi connectivity index (χ3v) is 8.29. The van der Waals surface area contributed by atoms with E-state index < -0.39 is 26.0 Å². The fraction of sp³-hybridized carbons (Fsp3) is 0.208. The summed E-state index contributed by atoms with van der Waals surface area (Å²) in [5.41, 5.74) is 2.07. The molecule has 0 bridgehead atoms. The van der Waals surface area contributed by atoms with E-state index in [1.54, 1.807) is 24.3 Å². The molecular weight excluding hydrogens is 462 g/mol. The van der Waals surface area contributed by atoms with Crippen molar-refractivity contribution in [1.82, 2.24) is 0 Å². The van der Waals surface area contributed by atoms with Gasteiger partial charge in [-0.05, 0) is 68.8 Å². The molecule has 3 aromatic rings. The van der Waals surface area contributed by atoms with Gasteiger partial charge in [0.05, 0.1) is 22.0 Å². The summed E-state index contributed by atoms with van der Waals surface area (Å²) in [7, 11) is -8.17. The van der Waals surface area contributed by atoms with Gasteiger partial charge in [0.15, 0.2) is 0 Å². The summed E-state index contributed by atoms with van der Waals surface area (Å²) < 4.78 is 54.2. The molecule has 7 nitrogen and oxygen atoms in total. The van der Waals surface area contributed by atoms with E-state index >= 15 is 0 Å². The molecule has 0 aliphatic heterocycles. The Hall–Kier alpha value is -3.17. The lowest BCUT2D eigenvalue weighted by molar-refractivity contribution is 0.0505. The molecule has 0 aromatic heterocycles. The van der Waals surface area contributed by atoms with Crippen molar-refractivity contribution >= 4 is 26.0 Å². The van der Waals surface area contributed by atoms with Crippen molar-refractivity contribution < 1.29 is 26.3 Å². The van der Waals surface area contributed by atoms with E-state index in [2.05, 4.69) is 3.77 Å². The number of hydrogen-bond donors (Lipinski definition) is 0. The fourth-order valence-corrected chi connectivity index (χ4v) is 6.03. The fourth-order valence-electron chi connectivity index (χ4n) is 2.75. The van der Waals surface area contributed by atoms with Crippen molar-refractivity contribution in [3.63, 3.8) is 0 Å². The maximum absolute atomic E-state index is 13.8. The number of hydrogen-bond acceptors (Lipinski definition) is 6. The second kappa shape index (κ2) is 10.2. The van der Waals surface area contributed by atoms with Crippen LogP contribution in [-0.2, 0) is 24.8 Å². The first kappa shape index (κ1) is 24.5. The summed E-state index contributed by atoms with van der Waals surface area (Å²) in [5, 5.41) is 0. The van der Waals surface area contributed by atoms with Gasteiger partial charge in [0, 0.05) is 0 Å². The number of ether oxygens (including phenoxy) is 1. The number of aryl methyl sites for hydroxylation is 2. The molecule has 174 valence electrons. The van der Waals surface area contributed by atoms with Crippen LogP contribution < -0.4 is 4.18 Å². The summed E-state index contributed by atoms with van der Waals surface area (Å²) >= 11 is 0. The SMILES string of the molecule is CCCOC(=O)c1ccc(O[S@](=O)(=NS(=O)(=O)c2ccc(C)cc2)c2ccc(C)cc2)cc1. The average molecular weight is 488 g/mol. The third-order valence-electron chi connectivity index (χ3n) is 4.57. The minimum Gasteiger partial charge on any atom is -0.462 e. The van der Waals surface area contributed by atoms with Gasteiger partial charge in [-0.15, -0.1) is 0 Å². The molecule has 0 aliphatic carbocycles. The van der Waals surface area contributed by atoms with Crippen LogP contribution in [0.4, 0.5) is 0 Å². The highest BCUT2D eigenvalue weighted by Gasteiger charge is 2.23. The van der Waals surface area contributed by atoms with E-state index in [1.807, 2.05) is 20.8 Å². The number of rotatable bonds is 8. The Balaban J connectivity index is 2.03. The maximum atomic E-state index is 13.8. The molecule has 0 heterocycles. The molecule has 0 saturated carbocycles. The van der Waals surface area contributed by atoms with Crippen LogP contribution in [0.5, 0.6) is 5.75 Å². The standard InChI is InChI=1S/C24H25NO6S2/c1-4-17-30-24(26)20-9-11-21(12-10-20)31-33(29,23-15-7-19(3)8-16-23)25-32(27,28)22-13-5-18(2)6-14-22/h5-16H,4,17H2,1-3H3/t33-/m0/s1. The van der Waals surface area contributed by atoms with E-state index in [1.165, 1.54) is 48.5 Å². The van der Waals surface area contributed by atoms with Crippen molar-refractivity contribution in [3.8, 4) is 5.75 Å². The van der Waals surface area contributed by atoms with Crippen LogP contribution >= 0.6 is 0 Å². The average Bonchev–Trinajstić information content (AvgIpc) is 2.78. The molecule has 33 heavy (non-hydrogen) atoms. The summed E-state index contributed by atoms with van der Waals surface area (Å²) in [5.74, 6) is -0.398. The number of carbonyl (C=O) groups is 1. The van der Waals surface area contributed by atoms with Gasteiger partial charge < -0.3 is 8.92 Å². The van der Waals surface area contributed by atoms with Crippen LogP contribution in [0.1, 0.15) is 34.8 Å². The zero-order chi connectivity index (χ0) is 24.1. The van der Waals surface area contributed by atoms with Gasteiger partial charge in [-0.3, -0.25) is 0 Å². The van der Waals surface area contributed by atoms with Crippen LogP contribution in [0, 0.1) is 13.8 Å². The Morgan fingerprint density at radius 1 is 0.788 bits per heavy atom. The van der Waals surface area contributed by atoms with Gasteiger partial charge in [-0.2, -0.15) is 8.42 Å². The van der Waals surface area contributed by atoms with Crippen LogP contribution in [-0.4, -0.2) is 25.2 Å². The van der Waals surface area contributed by atoms with Crippen molar-refractivity contribution in [2.75, 3.05) is 6.61 Å². The highest BCUT2D eigenvalue weighted by molar-refractivity contribution is 8.01. The predicted molar refractivity (Wildman–Crippen MR) is 126 cm³/mol. The van der Waals surface area contributed by atoms with Crippen molar-refractivity contribution in [2.24, 2.45) is 3.77 Å². The van der Waals surface area contributed by atoms with Gasteiger partial charge in [-0.1, -0.05) is 46.1 Å². The first-order valence-corrected chi connectivity index (χ1v) is 13.1. The Morgan fingerprint density at radius 2 is 1.30 bits per heavy atom. The van der Waals surface area contributed by atoms with E-state index in [4.69, 9.17) is 8.92 Å². The van der Waals surface area contributed by atoms with Crippen molar-refractivity contribution in [3.05, 3.63) is 89.5 Å². The van der Waals surface area contributed by atoms with E-state index in [-0.39, 0.29) is 15.5 Å². The molecule has 0 aliphatic rings.